The van der Waals surface area contributed by atoms with Crippen molar-refractivity contribution in [3.63, 3.8) is 0 Å². The van der Waals surface area contributed by atoms with Gasteiger partial charge in [0.05, 0.1) is 12.7 Å². The highest BCUT2D eigenvalue weighted by molar-refractivity contribution is 7.07. The molecule has 2 nitrogen and oxygen atoms in total. The quantitative estimate of drug-likeness (QED) is 0.712. The maximum absolute atomic E-state index is 9.53. The second-order valence-electron chi connectivity index (χ2n) is 3.06. The molecule has 0 bridgehead atoms. The van der Waals surface area contributed by atoms with Crippen molar-refractivity contribution in [3.05, 3.63) is 22.4 Å². The Hall–Kier alpha value is -0.380. The third kappa shape index (κ3) is 4.41. The minimum atomic E-state index is -0.360. The Morgan fingerprint density at radius 2 is 2.46 bits per heavy atom. The molecule has 13 heavy (non-hydrogen) atoms. The van der Waals surface area contributed by atoms with E-state index in [1.54, 1.807) is 11.3 Å². The lowest BCUT2D eigenvalue weighted by atomic mass is 10.1. The van der Waals surface area contributed by atoms with E-state index in [4.69, 9.17) is 4.74 Å². The summed E-state index contributed by atoms with van der Waals surface area (Å²) in [5, 5.41) is 13.6. The van der Waals surface area contributed by atoms with Crippen LogP contribution in [0.5, 0.6) is 0 Å². The number of thiophene rings is 1. The molecule has 1 rings (SSSR count). The zero-order valence-corrected chi connectivity index (χ0v) is 8.72. The molecule has 1 atom stereocenters. The van der Waals surface area contributed by atoms with Crippen molar-refractivity contribution in [1.29, 1.82) is 0 Å². The first-order valence-electron chi connectivity index (χ1n) is 4.59. The lowest BCUT2D eigenvalue weighted by Crippen LogP contribution is -2.18. The maximum Gasteiger partial charge on any atom is 0.0814 e. The van der Waals surface area contributed by atoms with E-state index in [1.807, 2.05) is 11.4 Å². The van der Waals surface area contributed by atoms with Gasteiger partial charge >= 0.3 is 0 Å². The van der Waals surface area contributed by atoms with Gasteiger partial charge in [0.1, 0.15) is 0 Å². The number of hydrogen-bond donors (Lipinski definition) is 1. The first-order valence-corrected chi connectivity index (χ1v) is 5.54. The molecule has 0 aliphatic heterocycles. The van der Waals surface area contributed by atoms with Crippen molar-refractivity contribution >= 4 is 11.3 Å². The Kier molecular flexibility index (Phi) is 5.05. The molecule has 0 spiro atoms. The molecule has 74 valence electrons. The standard InChI is InChI=1S/C10H16O2S/c1-2-4-12-7-10(11)6-9-3-5-13-8-9/h3,5,8,10-11H,2,4,6-7H2,1H3. The summed E-state index contributed by atoms with van der Waals surface area (Å²) in [6, 6.07) is 2.04. The third-order valence-corrected chi connectivity index (χ3v) is 2.44. The second-order valence-corrected chi connectivity index (χ2v) is 3.84. The van der Waals surface area contributed by atoms with E-state index in [0.29, 0.717) is 13.0 Å². The zero-order valence-electron chi connectivity index (χ0n) is 7.90. The average molecular weight is 200 g/mol. The van der Waals surface area contributed by atoms with Gasteiger partial charge in [-0.15, -0.1) is 0 Å². The molecule has 1 N–H and O–H groups in total. The molecule has 1 aromatic heterocycles. The smallest absolute Gasteiger partial charge is 0.0814 e. The van der Waals surface area contributed by atoms with Gasteiger partial charge in [-0.3, -0.25) is 0 Å². The van der Waals surface area contributed by atoms with Crippen molar-refractivity contribution in [1.82, 2.24) is 0 Å². The van der Waals surface area contributed by atoms with E-state index in [2.05, 4.69) is 12.3 Å². The number of hydrogen-bond acceptors (Lipinski definition) is 3. The summed E-state index contributed by atoms with van der Waals surface area (Å²) in [6.45, 7) is 3.25. The molecule has 3 heteroatoms. The van der Waals surface area contributed by atoms with Crippen LogP contribution < -0.4 is 0 Å². The number of rotatable bonds is 6. The SMILES string of the molecule is CCCOCC(O)Cc1ccsc1. The van der Waals surface area contributed by atoms with Crippen LogP contribution in [0.3, 0.4) is 0 Å². The number of aliphatic hydroxyl groups is 1. The van der Waals surface area contributed by atoms with Crippen LogP contribution in [0.15, 0.2) is 16.8 Å². The summed E-state index contributed by atoms with van der Waals surface area (Å²) in [7, 11) is 0. The van der Waals surface area contributed by atoms with Crippen molar-refractivity contribution in [2.45, 2.75) is 25.9 Å². The van der Waals surface area contributed by atoms with E-state index >= 15 is 0 Å². The van der Waals surface area contributed by atoms with Crippen molar-refractivity contribution < 1.29 is 9.84 Å². The summed E-state index contributed by atoms with van der Waals surface area (Å²) in [5.41, 5.74) is 1.19. The molecule has 0 saturated heterocycles. The molecule has 0 aliphatic carbocycles. The van der Waals surface area contributed by atoms with Crippen LogP contribution in [0.2, 0.25) is 0 Å². The van der Waals surface area contributed by atoms with Gasteiger partial charge in [-0.1, -0.05) is 6.92 Å². The Morgan fingerprint density at radius 1 is 1.62 bits per heavy atom. The molecule has 0 amide bonds. The van der Waals surface area contributed by atoms with E-state index < -0.39 is 0 Å². The molecule has 0 fully saturated rings. The molecule has 1 aromatic rings. The summed E-state index contributed by atoms with van der Waals surface area (Å²) in [4.78, 5) is 0. The van der Waals surface area contributed by atoms with Crippen LogP contribution in [0.4, 0.5) is 0 Å². The summed E-state index contributed by atoms with van der Waals surface area (Å²) < 4.78 is 5.25. The molecule has 0 saturated carbocycles. The fraction of sp³-hybridized carbons (Fsp3) is 0.600. The first-order chi connectivity index (χ1) is 6.33. The number of aliphatic hydroxyl groups excluding tert-OH is 1. The fourth-order valence-electron chi connectivity index (χ4n) is 1.10. The Bertz CT molecular complexity index is 209. The summed E-state index contributed by atoms with van der Waals surface area (Å²) >= 11 is 1.66. The van der Waals surface area contributed by atoms with Crippen LogP contribution >= 0.6 is 11.3 Å². The average Bonchev–Trinajstić information content (AvgIpc) is 2.57. The lowest BCUT2D eigenvalue weighted by Gasteiger charge is -2.09. The fourth-order valence-corrected chi connectivity index (χ4v) is 1.79. The number of ether oxygens (including phenoxy) is 1. The van der Waals surface area contributed by atoms with Gasteiger partial charge in [-0.25, -0.2) is 0 Å². The largest absolute Gasteiger partial charge is 0.390 e. The highest BCUT2D eigenvalue weighted by atomic mass is 32.1. The summed E-state index contributed by atoms with van der Waals surface area (Å²) in [6.07, 6.45) is 1.35. The molecule has 0 radical (unpaired) electrons. The minimum absolute atomic E-state index is 0.360. The van der Waals surface area contributed by atoms with Crippen molar-refractivity contribution in [2.24, 2.45) is 0 Å². The highest BCUT2D eigenvalue weighted by Gasteiger charge is 2.05. The molecule has 0 aliphatic rings. The topological polar surface area (TPSA) is 29.5 Å². The predicted octanol–water partition coefficient (Wildman–Crippen LogP) is 2.08. The van der Waals surface area contributed by atoms with Crippen LogP contribution in [0.1, 0.15) is 18.9 Å². The maximum atomic E-state index is 9.53. The van der Waals surface area contributed by atoms with Gasteiger partial charge in [-0.2, -0.15) is 11.3 Å². The monoisotopic (exact) mass is 200 g/mol. The predicted molar refractivity (Wildman–Crippen MR) is 55.1 cm³/mol. The Balaban J connectivity index is 2.14. The van der Waals surface area contributed by atoms with Crippen LogP contribution in [-0.2, 0) is 11.2 Å². The van der Waals surface area contributed by atoms with Crippen molar-refractivity contribution in [2.75, 3.05) is 13.2 Å². The molecular weight excluding hydrogens is 184 g/mol. The van der Waals surface area contributed by atoms with Gasteiger partial charge < -0.3 is 9.84 Å². The van der Waals surface area contributed by atoms with Crippen LogP contribution in [-0.4, -0.2) is 24.4 Å². The van der Waals surface area contributed by atoms with E-state index in [9.17, 15) is 5.11 Å². The molecule has 1 unspecified atom stereocenters. The van der Waals surface area contributed by atoms with E-state index in [-0.39, 0.29) is 6.10 Å². The van der Waals surface area contributed by atoms with E-state index in [1.165, 1.54) is 5.56 Å². The van der Waals surface area contributed by atoms with Crippen molar-refractivity contribution in [3.8, 4) is 0 Å². The van der Waals surface area contributed by atoms with Gasteiger partial charge in [0.2, 0.25) is 0 Å². The van der Waals surface area contributed by atoms with Gasteiger partial charge in [0.15, 0.2) is 0 Å². The van der Waals surface area contributed by atoms with Crippen LogP contribution in [0, 0.1) is 0 Å². The van der Waals surface area contributed by atoms with E-state index in [0.717, 1.165) is 13.0 Å². The Morgan fingerprint density at radius 3 is 3.08 bits per heavy atom. The minimum Gasteiger partial charge on any atom is -0.390 e. The second kappa shape index (κ2) is 6.13. The highest BCUT2D eigenvalue weighted by Crippen LogP contribution is 2.08. The third-order valence-electron chi connectivity index (χ3n) is 1.71. The normalized spacial score (nSPS) is 13.1. The zero-order chi connectivity index (χ0) is 9.52. The Labute approximate surface area is 83.2 Å². The summed E-state index contributed by atoms with van der Waals surface area (Å²) in [5.74, 6) is 0. The first kappa shape index (κ1) is 10.7. The molecule has 1 heterocycles. The van der Waals surface area contributed by atoms with Gasteiger partial charge in [0, 0.05) is 13.0 Å². The van der Waals surface area contributed by atoms with Crippen LogP contribution in [0.25, 0.3) is 0 Å². The van der Waals surface area contributed by atoms with Gasteiger partial charge in [0.25, 0.3) is 0 Å². The molecule has 0 aromatic carbocycles. The lowest BCUT2D eigenvalue weighted by molar-refractivity contribution is 0.0375. The van der Waals surface area contributed by atoms with Gasteiger partial charge in [-0.05, 0) is 28.8 Å². The molecular formula is C10H16O2S.